The summed E-state index contributed by atoms with van der Waals surface area (Å²) in [6, 6.07) is 7.78. The van der Waals surface area contributed by atoms with Gasteiger partial charge in [0.1, 0.15) is 17.6 Å². The van der Waals surface area contributed by atoms with E-state index in [1.165, 1.54) is 31.4 Å². The number of benzene rings is 2. The minimum absolute atomic E-state index is 0.0347. The molecule has 0 spiro atoms. The van der Waals surface area contributed by atoms with Gasteiger partial charge in [0.05, 0.1) is 31.1 Å². The first-order chi connectivity index (χ1) is 19.8. The molecule has 10 nitrogen and oxygen atoms in total. The highest BCUT2D eigenvalue weighted by Gasteiger charge is 2.27. The van der Waals surface area contributed by atoms with E-state index in [4.69, 9.17) is 21.4 Å². The Kier molecular flexibility index (Phi) is 13.2. The van der Waals surface area contributed by atoms with Crippen molar-refractivity contribution in [3.63, 3.8) is 0 Å². The number of carboxylic acids is 2. The standard InChI is InChI=1S/C29H30ClFN2O8S/c1-16(2)28(33-25(35)12-18-11-17(8-10-26(36)37)7-9-24(18)41-3)29(40)32-22(13-27(38)39)23(34)15-42-14-19-20(30)5-4-6-21(19)31/h4-11,13,16,28H,12,14-15H2,1-3H3,(H,32,40)(H,33,35)(H,36,37)(H,38,39)/t28-/m0/s1. The lowest BCUT2D eigenvalue weighted by Crippen LogP contribution is -2.50. The van der Waals surface area contributed by atoms with E-state index in [0.29, 0.717) is 23.0 Å². The number of hydrogen-bond donors (Lipinski definition) is 4. The highest BCUT2D eigenvalue weighted by molar-refractivity contribution is 7.99. The van der Waals surface area contributed by atoms with Gasteiger partial charge in [-0.2, -0.15) is 0 Å². The van der Waals surface area contributed by atoms with Crippen LogP contribution in [0.25, 0.3) is 6.08 Å². The Morgan fingerprint density at radius 1 is 1.10 bits per heavy atom. The van der Waals surface area contributed by atoms with Crippen molar-refractivity contribution in [1.82, 2.24) is 10.6 Å². The lowest BCUT2D eigenvalue weighted by Gasteiger charge is -2.22. The predicted octanol–water partition coefficient (Wildman–Crippen LogP) is 3.86. The Bertz CT molecular complexity index is 1390. The summed E-state index contributed by atoms with van der Waals surface area (Å²) >= 11 is 6.99. The fraction of sp³-hybridized carbons (Fsp3) is 0.276. The van der Waals surface area contributed by atoms with Crippen LogP contribution in [0.4, 0.5) is 4.39 Å². The second kappa shape index (κ2) is 16.3. The number of allylic oxidation sites excluding steroid dienone is 1. The van der Waals surface area contributed by atoms with Crippen LogP contribution in [0.1, 0.15) is 30.5 Å². The van der Waals surface area contributed by atoms with Crippen LogP contribution < -0.4 is 15.4 Å². The van der Waals surface area contributed by atoms with Gasteiger partial charge in [0.25, 0.3) is 0 Å². The third kappa shape index (κ3) is 10.7. The molecule has 42 heavy (non-hydrogen) atoms. The maximum atomic E-state index is 14.0. The molecular formula is C29H30ClFN2O8S. The number of aliphatic carboxylic acids is 2. The Morgan fingerprint density at radius 3 is 2.40 bits per heavy atom. The zero-order valence-corrected chi connectivity index (χ0v) is 24.6. The van der Waals surface area contributed by atoms with Crippen molar-refractivity contribution < 1.29 is 43.3 Å². The molecular weight excluding hydrogens is 591 g/mol. The first-order valence-corrected chi connectivity index (χ1v) is 14.0. The Balaban J connectivity index is 2.13. The number of hydrogen-bond acceptors (Lipinski definition) is 7. The van der Waals surface area contributed by atoms with E-state index in [1.807, 2.05) is 0 Å². The zero-order chi connectivity index (χ0) is 31.4. The number of ketones is 1. The summed E-state index contributed by atoms with van der Waals surface area (Å²) in [5.41, 5.74) is 0.627. The van der Waals surface area contributed by atoms with E-state index < -0.39 is 53.0 Å². The molecule has 0 bridgehead atoms. The van der Waals surface area contributed by atoms with Crippen molar-refractivity contribution in [1.29, 1.82) is 0 Å². The molecule has 13 heteroatoms. The number of carboxylic acid groups (broad SMARTS) is 2. The second-order valence-corrected chi connectivity index (χ2v) is 10.6. The van der Waals surface area contributed by atoms with Gasteiger partial charge < -0.3 is 25.6 Å². The summed E-state index contributed by atoms with van der Waals surface area (Å²) in [6.45, 7) is 3.30. The van der Waals surface area contributed by atoms with E-state index in [9.17, 15) is 33.5 Å². The smallest absolute Gasteiger partial charge is 0.330 e. The summed E-state index contributed by atoms with van der Waals surface area (Å²) in [7, 11) is 1.41. The molecule has 0 aliphatic heterocycles. The lowest BCUT2D eigenvalue weighted by atomic mass is 10.0. The zero-order valence-electron chi connectivity index (χ0n) is 23.0. The number of carbonyl (C=O) groups excluding carboxylic acids is 3. The van der Waals surface area contributed by atoms with Gasteiger partial charge in [-0.25, -0.2) is 14.0 Å². The van der Waals surface area contributed by atoms with Crippen molar-refractivity contribution >= 4 is 59.0 Å². The van der Waals surface area contributed by atoms with Gasteiger partial charge in [-0.15, -0.1) is 11.8 Å². The Hall–Kier alpha value is -4.16. The van der Waals surface area contributed by atoms with Gasteiger partial charge in [-0.05, 0) is 41.8 Å². The molecule has 224 valence electrons. The van der Waals surface area contributed by atoms with Crippen LogP contribution >= 0.6 is 23.4 Å². The van der Waals surface area contributed by atoms with Crippen molar-refractivity contribution in [2.24, 2.45) is 5.92 Å². The number of carbonyl (C=O) groups is 5. The van der Waals surface area contributed by atoms with Crippen LogP contribution in [0.5, 0.6) is 5.75 Å². The highest BCUT2D eigenvalue weighted by Crippen LogP contribution is 2.24. The third-order valence-corrected chi connectivity index (χ3v) is 7.02. The molecule has 1 atom stereocenters. The number of Topliss-reactive ketones (excluding diaryl/α,β-unsaturated/α-hetero) is 1. The molecule has 0 heterocycles. The largest absolute Gasteiger partial charge is 0.496 e. The van der Waals surface area contributed by atoms with Crippen molar-refractivity contribution in [2.75, 3.05) is 12.9 Å². The van der Waals surface area contributed by atoms with Crippen molar-refractivity contribution in [2.45, 2.75) is 32.1 Å². The summed E-state index contributed by atoms with van der Waals surface area (Å²) in [4.78, 5) is 61.0. The molecule has 0 saturated heterocycles. The molecule has 0 aliphatic rings. The topological polar surface area (TPSA) is 159 Å². The van der Waals surface area contributed by atoms with Gasteiger partial charge in [-0.3, -0.25) is 14.4 Å². The van der Waals surface area contributed by atoms with Gasteiger partial charge in [0.15, 0.2) is 5.78 Å². The van der Waals surface area contributed by atoms with E-state index in [0.717, 1.165) is 17.8 Å². The fourth-order valence-electron chi connectivity index (χ4n) is 3.65. The first-order valence-electron chi connectivity index (χ1n) is 12.5. The quantitative estimate of drug-likeness (QED) is 0.217. The molecule has 2 aromatic carbocycles. The fourth-order valence-corrected chi connectivity index (χ4v) is 4.90. The Labute approximate surface area is 251 Å². The van der Waals surface area contributed by atoms with Crippen LogP contribution in [-0.2, 0) is 36.1 Å². The number of halogens is 2. The SMILES string of the molecule is COc1ccc(C=CC(=O)O)cc1CC(=O)N[C@H](C(=O)NC(=CC(=O)O)C(=O)CSCc1c(F)cccc1Cl)C(C)C. The number of methoxy groups -OCH3 is 1. The minimum Gasteiger partial charge on any atom is -0.496 e. The first kappa shape index (κ1) is 34.0. The number of rotatable bonds is 15. The predicted molar refractivity (Wildman–Crippen MR) is 157 cm³/mol. The van der Waals surface area contributed by atoms with E-state index in [2.05, 4.69) is 10.6 Å². The van der Waals surface area contributed by atoms with Crippen LogP contribution in [-0.4, -0.2) is 58.7 Å². The summed E-state index contributed by atoms with van der Waals surface area (Å²) in [6.07, 6.45) is 2.63. The molecule has 2 amide bonds. The molecule has 0 unspecified atom stereocenters. The van der Waals surface area contributed by atoms with Crippen LogP contribution in [0, 0.1) is 11.7 Å². The molecule has 0 aliphatic carbocycles. The van der Waals surface area contributed by atoms with Crippen LogP contribution in [0.15, 0.2) is 54.2 Å². The molecule has 2 aromatic rings. The van der Waals surface area contributed by atoms with Crippen molar-refractivity contribution in [3.8, 4) is 5.75 Å². The number of ether oxygens (including phenoxy) is 1. The molecule has 0 aromatic heterocycles. The summed E-state index contributed by atoms with van der Waals surface area (Å²) in [5.74, 6) is -5.62. The molecule has 0 saturated carbocycles. The van der Waals surface area contributed by atoms with E-state index in [1.54, 1.807) is 32.0 Å². The van der Waals surface area contributed by atoms with E-state index in [-0.39, 0.29) is 28.5 Å². The highest BCUT2D eigenvalue weighted by atomic mass is 35.5. The molecule has 2 rings (SSSR count). The van der Waals surface area contributed by atoms with E-state index >= 15 is 0 Å². The molecule has 4 N–H and O–H groups in total. The minimum atomic E-state index is -1.48. The summed E-state index contributed by atoms with van der Waals surface area (Å²) in [5, 5.41) is 23.2. The maximum absolute atomic E-state index is 14.0. The molecule has 0 fully saturated rings. The normalized spacial score (nSPS) is 12.2. The van der Waals surface area contributed by atoms with Gasteiger partial charge in [-0.1, -0.05) is 37.6 Å². The monoisotopic (exact) mass is 620 g/mol. The third-order valence-electron chi connectivity index (χ3n) is 5.71. The average Bonchev–Trinajstić information content (AvgIpc) is 2.91. The summed E-state index contributed by atoms with van der Waals surface area (Å²) < 4.78 is 19.3. The maximum Gasteiger partial charge on any atom is 0.330 e. The number of amides is 2. The molecule has 0 radical (unpaired) electrons. The average molecular weight is 621 g/mol. The van der Waals surface area contributed by atoms with Gasteiger partial charge >= 0.3 is 11.9 Å². The second-order valence-electron chi connectivity index (χ2n) is 9.21. The van der Waals surface area contributed by atoms with Crippen LogP contribution in [0.2, 0.25) is 5.02 Å². The lowest BCUT2D eigenvalue weighted by molar-refractivity contribution is -0.132. The number of thioether (sulfide) groups is 1. The van der Waals surface area contributed by atoms with Crippen LogP contribution in [0.3, 0.4) is 0 Å². The number of nitrogens with one attached hydrogen (secondary N) is 2. The Morgan fingerprint density at radius 2 is 1.81 bits per heavy atom. The van der Waals surface area contributed by atoms with Gasteiger partial charge in [0, 0.05) is 28.0 Å². The van der Waals surface area contributed by atoms with Gasteiger partial charge in [0.2, 0.25) is 11.8 Å². The van der Waals surface area contributed by atoms with Crippen molar-refractivity contribution in [3.05, 3.63) is 81.8 Å².